The molecule has 0 aromatic heterocycles. The highest BCUT2D eigenvalue weighted by atomic mass is 79.9. The first-order valence-electron chi connectivity index (χ1n) is 6.30. The Bertz CT molecular complexity index is 422. The van der Waals surface area contributed by atoms with Gasteiger partial charge in [0.05, 0.1) is 11.6 Å². The van der Waals surface area contributed by atoms with Crippen molar-refractivity contribution >= 4 is 21.8 Å². The molecule has 1 atom stereocenters. The number of carbonyl (C=O) groups is 1. The third-order valence-electron chi connectivity index (χ3n) is 3.38. The van der Waals surface area contributed by atoms with E-state index in [0.29, 0.717) is 0 Å². The molecule has 0 spiro atoms. The van der Waals surface area contributed by atoms with E-state index in [0.717, 1.165) is 29.4 Å². The van der Waals surface area contributed by atoms with Crippen LogP contribution >= 0.6 is 15.9 Å². The van der Waals surface area contributed by atoms with Crippen LogP contribution in [0.1, 0.15) is 32.3 Å². The lowest BCUT2D eigenvalue weighted by Crippen LogP contribution is -2.48. The van der Waals surface area contributed by atoms with E-state index in [2.05, 4.69) is 26.6 Å². The largest absolute Gasteiger partial charge is 0.346 e. The Labute approximate surface area is 116 Å². The number of hydrogen-bond donors (Lipinski definition) is 2. The van der Waals surface area contributed by atoms with Crippen LogP contribution in [-0.2, 0) is 10.3 Å². The normalized spacial score (nSPS) is 19.8. The van der Waals surface area contributed by atoms with Crippen LogP contribution in [0.15, 0.2) is 28.7 Å². The summed E-state index contributed by atoms with van der Waals surface area (Å²) in [6, 6.07) is 8.03. The van der Waals surface area contributed by atoms with Crippen molar-refractivity contribution in [3.05, 3.63) is 34.3 Å². The number of nitrogens with one attached hydrogen (secondary N) is 2. The number of halogens is 1. The van der Waals surface area contributed by atoms with Crippen molar-refractivity contribution in [3.8, 4) is 0 Å². The molecule has 0 radical (unpaired) electrons. The van der Waals surface area contributed by atoms with Crippen LogP contribution in [0.3, 0.4) is 0 Å². The molecule has 1 heterocycles. The highest BCUT2D eigenvalue weighted by Gasteiger charge is 2.28. The van der Waals surface area contributed by atoms with Gasteiger partial charge in [-0.05, 0) is 50.9 Å². The van der Waals surface area contributed by atoms with Crippen LogP contribution in [0.2, 0.25) is 0 Å². The van der Waals surface area contributed by atoms with Gasteiger partial charge in [0.2, 0.25) is 5.91 Å². The van der Waals surface area contributed by atoms with E-state index in [9.17, 15) is 4.79 Å². The molecule has 1 aliphatic heterocycles. The van der Waals surface area contributed by atoms with Crippen LogP contribution in [0.25, 0.3) is 0 Å². The van der Waals surface area contributed by atoms with E-state index >= 15 is 0 Å². The summed E-state index contributed by atoms with van der Waals surface area (Å²) in [7, 11) is 0. The second kappa shape index (κ2) is 5.41. The Hall–Kier alpha value is -0.870. The van der Waals surface area contributed by atoms with Gasteiger partial charge in [0.1, 0.15) is 0 Å². The lowest BCUT2D eigenvalue weighted by Gasteiger charge is -2.28. The van der Waals surface area contributed by atoms with Gasteiger partial charge in [-0.25, -0.2) is 0 Å². The molecule has 1 aromatic carbocycles. The van der Waals surface area contributed by atoms with Crippen molar-refractivity contribution in [1.82, 2.24) is 10.6 Å². The first-order valence-corrected chi connectivity index (χ1v) is 7.10. The Balaban J connectivity index is 2.06. The number of carbonyl (C=O) groups excluding carboxylic acids is 1. The maximum atomic E-state index is 12.1. The lowest BCUT2D eigenvalue weighted by molar-refractivity contribution is -0.124. The topological polar surface area (TPSA) is 41.1 Å². The third kappa shape index (κ3) is 3.12. The molecule has 1 fully saturated rings. The highest BCUT2D eigenvalue weighted by Crippen LogP contribution is 2.22. The summed E-state index contributed by atoms with van der Waals surface area (Å²) in [6.07, 6.45) is 2.01. The fraction of sp³-hybridized carbons (Fsp3) is 0.500. The fourth-order valence-corrected chi connectivity index (χ4v) is 2.51. The van der Waals surface area contributed by atoms with Gasteiger partial charge in [0.25, 0.3) is 0 Å². The van der Waals surface area contributed by atoms with E-state index in [-0.39, 0.29) is 17.5 Å². The van der Waals surface area contributed by atoms with E-state index in [4.69, 9.17) is 0 Å². The lowest BCUT2D eigenvalue weighted by atomic mass is 9.94. The molecular weight excluding hydrogens is 292 g/mol. The summed E-state index contributed by atoms with van der Waals surface area (Å²) < 4.78 is 1.05. The minimum atomic E-state index is -0.345. The van der Waals surface area contributed by atoms with Crippen LogP contribution in [0.5, 0.6) is 0 Å². The molecule has 0 aliphatic carbocycles. The summed E-state index contributed by atoms with van der Waals surface area (Å²) in [4.78, 5) is 12.1. The maximum Gasteiger partial charge on any atom is 0.237 e. The summed E-state index contributed by atoms with van der Waals surface area (Å²) >= 11 is 3.42. The van der Waals surface area contributed by atoms with E-state index in [1.54, 1.807) is 0 Å². The SMILES string of the molecule is CC(C)(NC(=O)C1CCCN1)c1ccc(Br)cc1. The number of amides is 1. The molecule has 1 aliphatic rings. The second-order valence-corrected chi connectivity index (χ2v) is 6.19. The standard InChI is InChI=1S/C14H19BrN2O/c1-14(2,10-5-7-11(15)8-6-10)17-13(18)12-4-3-9-16-12/h5-8,12,16H,3-4,9H2,1-2H3,(H,17,18). The summed E-state index contributed by atoms with van der Waals surface area (Å²) in [5.74, 6) is 0.0976. The Morgan fingerprint density at radius 3 is 2.61 bits per heavy atom. The summed E-state index contributed by atoms with van der Waals surface area (Å²) in [6.45, 7) is 5.00. The Morgan fingerprint density at radius 1 is 1.39 bits per heavy atom. The molecule has 0 bridgehead atoms. The first-order chi connectivity index (χ1) is 8.49. The average Bonchev–Trinajstić information content (AvgIpc) is 2.82. The van der Waals surface area contributed by atoms with Crippen molar-refractivity contribution in [3.63, 3.8) is 0 Å². The predicted molar refractivity (Wildman–Crippen MR) is 76.3 cm³/mol. The third-order valence-corrected chi connectivity index (χ3v) is 3.91. The van der Waals surface area contributed by atoms with Crippen molar-refractivity contribution in [2.24, 2.45) is 0 Å². The zero-order valence-electron chi connectivity index (χ0n) is 10.8. The zero-order valence-corrected chi connectivity index (χ0v) is 12.4. The van der Waals surface area contributed by atoms with Gasteiger partial charge in [-0.15, -0.1) is 0 Å². The molecule has 1 aromatic rings. The molecule has 0 saturated carbocycles. The maximum absolute atomic E-state index is 12.1. The molecule has 4 heteroatoms. The smallest absolute Gasteiger partial charge is 0.237 e. The molecule has 2 rings (SSSR count). The molecule has 2 N–H and O–H groups in total. The van der Waals surface area contributed by atoms with Gasteiger partial charge in [-0.2, -0.15) is 0 Å². The molecule has 18 heavy (non-hydrogen) atoms. The highest BCUT2D eigenvalue weighted by molar-refractivity contribution is 9.10. The van der Waals surface area contributed by atoms with Crippen molar-refractivity contribution in [1.29, 1.82) is 0 Å². The van der Waals surface area contributed by atoms with Crippen LogP contribution < -0.4 is 10.6 Å². The number of hydrogen-bond acceptors (Lipinski definition) is 2. The number of rotatable bonds is 3. The predicted octanol–water partition coefficient (Wildman–Crippen LogP) is 2.55. The van der Waals surface area contributed by atoms with E-state index < -0.39 is 0 Å². The molecule has 1 saturated heterocycles. The van der Waals surface area contributed by atoms with Gasteiger partial charge >= 0.3 is 0 Å². The zero-order chi connectivity index (χ0) is 13.2. The Morgan fingerprint density at radius 2 is 2.06 bits per heavy atom. The van der Waals surface area contributed by atoms with Crippen molar-refractivity contribution in [2.75, 3.05) is 6.54 Å². The van der Waals surface area contributed by atoms with Crippen LogP contribution in [-0.4, -0.2) is 18.5 Å². The van der Waals surface area contributed by atoms with Crippen LogP contribution in [0.4, 0.5) is 0 Å². The van der Waals surface area contributed by atoms with Gasteiger partial charge in [-0.1, -0.05) is 28.1 Å². The van der Waals surface area contributed by atoms with Crippen molar-refractivity contribution < 1.29 is 4.79 Å². The monoisotopic (exact) mass is 310 g/mol. The molecule has 1 unspecified atom stereocenters. The molecule has 1 amide bonds. The van der Waals surface area contributed by atoms with Gasteiger partial charge in [0, 0.05) is 4.47 Å². The quantitative estimate of drug-likeness (QED) is 0.901. The van der Waals surface area contributed by atoms with Gasteiger partial charge < -0.3 is 10.6 Å². The van der Waals surface area contributed by atoms with E-state index in [1.165, 1.54) is 0 Å². The van der Waals surface area contributed by atoms with Gasteiger partial charge in [-0.3, -0.25) is 4.79 Å². The summed E-state index contributed by atoms with van der Waals surface area (Å²) in [5, 5.41) is 6.34. The van der Waals surface area contributed by atoms with Crippen LogP contribution in [0, 0.1) is 0 Å². The second-order valence-electron chi connectivity index (χ2n) is 5.27. The minimum absolute atomic E-state index is 0.0280. The average molecular weight is 311 g/mol. The van der Waals surface area contributed by atoms with E-state index in [1.807, 2.05) is 38.1 Å². The van der Waals surface area contributed by atoms with Gasteiger partial charge in [0.15, 0.2) is 0 Å². The molecular formula is C14H19BrN2O. The molecule has 3 nitrogen and oxygen atoms in total. The minimum Gasteiger partial charge on any atom is -0.346 e. The molecule has 98 valence electrons. The fourth-order valence-electron chi connectivity index (χ4n) is 2.24. The Kier molecular flexibility index (Phi) is 4.07. The first kappa shape index (κ1) is 13.6. The number of benzene rings is 1. The summed E-state index contributed by atoms with van der Waals surface area (Å²) in [5.41, 5.74) is 0.763. The van der Waals surface area contributed by atoms with Crippen molar-refractivity contribution in [2.45, 2.75) is 38.3 Å².